The zero-order valence-electron chi connectivity index (χ0n) is 16.0. The molecule has 0 unspecified atom stereocenters. The third-order valence-corrected chi connectivity index (χ3v) is 8.82. The summed E-state index contributed by atoms with van der Waals surface area (Å²) in [6.45, 7) is 4.59. The van der Waals surface area contributed by atoms with Gasteiger partial charge >= 0.3 is 5.97 Å². The molecular formula is C22H32O4. The number of aliphatic carboxylic acids is 1. The van der Waals surface area contributed by atoms with Crippen LogP contribution in [0.3, 0.4) is 0 Å². The van der Waals surface area contributed by atoms with Gasteiger partial charge in [0, 0.05) is 12.8 Å². The van der Waals surface area contributed by atoms with Gasteiger partial charge in [-0.25, -0.2) is 0 Å². The van der Waals surface area contributed by atoms with Crippen LogP contribution in [-0.2, 0) is 4.79 Å². The minimum absolute atomic E-state index is 0.0543. The number of allylic oxidation sites excluding steroid dienone is 4. The van der Waals surface area contributed by atoms with Crippen molar-refractivity contribution in [3.05, 3.63) is 23.5 Å². The Morgan fingerprint density at radius 1 is 1.19 bits per heavy atom. The van der Waals surface area contributed by atoms with Gasteiger partial charge in [-0.2, -0.15) is 0 Å². The van der Waals surface area contributed by atoms with Crippen LogP contribution in [0, 0.1) is 28.6 Å². The van der Waals surface area contributed by atoms with Gasteiger partial charge in [-0.15, -0.1) is 0 Å². The summed E-state index contributed by atoms with van der Waals surface area (Å²) >= 11 is 0. The Morgan fingerprint density at radius 2 is 1.92 bits per heavy atom. The average molecular weight is 360 g/mol. The second-order valence-electron chi connectivity index (χ2n) is 9.75. The van der Waals surface area contributed by atoms with Crippen LogP contribution in [0.4, 0.5) is 0 Å². The number of carboxylic acids is 1. The summed E-state index contributed by atoms with van der Waals surface area (Å²) in [7, 11) is 0. The van der Waals surface area contributed by atoms with Gasteiger partial charge in [0.15, 0.2) is 0 Å². The maximum atomic E-state index is 11.4. The predicted octanol–water partition coefficient (Wildman–Crippen LogP) is 4.60. The lowest BCUT2D eigenvalue weighted by Crippen LogP contribution is -2.54. The van der Waals surface area contributed by atoms with Crippen LogP contribution in [0.25, 0.3) is 0 Å². The zero-order chi connectivity index (χ0) is 18.7. The van der Waals surface area contributed by atoms with Crippen LogP contribution in [0.2, 0.25) is 0 Å². The van der Waals surface area contributed by atoms with E-state index in [1.807, 2.05) is 6.08 Å². The van der Waals surface area contributed by atoms with Crippen molar-refractivity contribution >= 4 is 5.97 Å². The van der Waals surface area contributed by atoms with E-state index in [9.17, 15) is 15.0 Å². The Bertz CT molecular complexity index is 680. The number of aliphatic hydroxyl groups is 2. The Labute approximate surface area is 156 Å². The zero-order valence-corrected chi connectivity index (χ0v) is 16.0. The molecule has 2 fully saturated rings. The van der Waals surface area contributed by atoms with E-state index in [1.165, 1.54) is 5.57 Å². The van der Waals surface area contributed by atoms with Crippen LogP contribution in [0.5, 0.6) is 0 Å². The molecular weight excluding hydrogens is 328 g/mol. The lowest BCUT2D eigenvalue weighted by Gasteiger charge is -2.58. The van der Waals surface area contributed by atoms with Crippen LogP contribution in [0.15, 0.2) is 23.5 Å². The largest absolute Gasteiger partial charge is 0.512 e. The van der Waals surface area contributed by atoms with Gasteiger partial charge in [0.1, 0.15) is 0 Å². The quantitative estimate of drug-likeness (QED) is 0.687. The Kier molecular flexibility index (Phi) is 4.07. The van der Waals surface area contributed by atoms with Crippen molar-refractivity contribution in [3.8, 4) is 0 Å². The van der Waals surface area contributed by atoms with E-state index in [0.29, 0.717) is 29.9 Å². The molecule has 26 heavy (non-hydrogen) atoms. The molecule has 0 aliphatic heterocycles. The van der Waals surface area contributed by atoms with E-state index >= 15 is 0 Å². The fourth-order valence-corrected chi connectivity index (χ4v) is 7.15. The first-order valence-electron chi connectivity index (χ1n) is 10.2. The van der Waals surface area contributed by atoms with Crippen molar-refractivity contribution in [2.24, 2.45) is 28.6 Å². The summed E-state index contributed by atoms with van der Waals surface area (Å²) in [5, 5.41) is 30.5. The predicted molar refractivity (Wildman–Crippen MR) is 99.6 cm³/mol. The van der Waals surface area contributed by atoms with Crippen molar-refractivity contribution in [3.63, 3.8) is 0 Å². The van der Waals surface area contributed by atoms with Crippen molar-refractivity contribution in [2.45, 2.75) is 77.2 Å². The van der Waals surface area contributed by atoms with Gasteiger partial charge in [0.25, 0.3) is 0 Å². The molecule has 144 valence electrons. The maximum Gasteiger partial charge on any atom is 0.303 e. The molecule has 0 aromatic heterocycles. The van der Waals surface area contributed by atoms with Crippen molar-refractivity contribution in [1.82, 2.24) is 0 Å². The topological polar surface area (TPSA) is 77.8 Å². The summed E-state index contributed by atoms with van der Waals surface area (Å²) in [6.07, 6.45) is 11.4. The fourth-order valence-electron chi connectivity index (χ4n) is 7.15. The lowest BCUT2D eigenvalue weighted by molar-refractivity contribution is -0.145. The molecule has 2 saturated carbocycles. The van der Waals surface area contributed by atoms with E-state index in [2.05, 4.69) is 19.9 Å². The number of fused-ring (bicyclic) bond motifs is 5. The molecule has 0 saturated heterocycles. The van der Waals surface area contributed by atoms with Gasteiger partial charge < -0.3 is 15.3 Å². The highest BCUT2D eigenvalue weighted by molar-refractivity contribution is 5.66. The molecule has 0 aromatic rings. The van der Waals surface area contributed by atoms with Crippen LogP contribution in [-0.4, -0.2) is 26.9 Å². The lowest BCUT2D eigenvalue weighted by atomic mass is 9.47. The minimum Gasteiger partial charge on any atom is -0.512 e. The number of rotatable bonds is 3. The number of carboxylic acid groups (broad SMARTS) is 1. The monoisotopic (exact) mass is 360 g/mol. The maximum absolute atomic E-state index is 11.4. The number of hydrogen-bond acceptors (Lipinski definition) is 3. The molecule has 4 nitrogen and oxygen atoms in total. The summed E-state index contributed by atoms with van der Waals surface area (Å²) < 4.78 is 0. The Balaban J connectivity index is 1.63. The van der Waals surface area contributed by atoms with E-state index in [4.69, 9.17) is 5.11 Å². The van der Waals surface area contributed by atoms with Crippen LogP contribution in [0.1, 0.15) is 71.6 Å². The van der Waals surface area contributed by atoms with Crippen LogP contribution < -0.4 is 0 Å². The van der Waals surface area contributed by atoms with Gasteiger partial charge in [-0.3, -0.25) is 4.79 Å². The first kappa shape index (κ1) is 18.1. The summed E-state index contributed by atoms with van der Waals surface area (Å²) in [4.78, 5) is 11.1. The van der Waals surface area contributed by atoms with Crippen molar-refractivity contribution in [2.75, 3.05) is 0 Å². The fraction of sp³-hybridized carbons (Fsp3) is 0.773. The second kappa shape index (κ2) is 5.85. The number of hydrogen-bond donors (Lipinski definition) is 3. The molecule has 0 radical (unpaired) electrons. The SMILES string of the molecule is C[C@]12CCC(O)=CC1=CC[C@@H]1[C@@H]2CC[C@@]2(C)[C@H]1CC[C@]2(O)CCC(=O)O. The standard InChI is InChI=1S/C22H32O4/c1-20-9-5-15(23)13-14(20)3-4-16-17(20)6-10-21(2)18(16)7-11-22(21,26)12-8-19(24)25/h3,13,16-18,23,26H,4-12H2,1-2H3,(H,24,25)/t16-,17+,18+,20+,21+,22+/m1/s1. The molecule has 4 aliphatic rings. The van der Waals surface area contributed by atoms with Gasteiger partial charge in [-0.1, -0.05) is 19.9 Å². The third-order valence-electron chi connectivity index (χ3n) is 8.82. The first-order valence-corrected chi connectivity index (χ1v) is 10.2. The molecule has 0 bridgehead atoms. The second-order valence-corrected chi connectivity index (χ2v) is 9.75. The smallest absolute Gasteiger partial charge is 0.303 e. The Morgan fingerprint density at radius 3 is 2.65 bits per heavy atom. The normalized spacial score (nSPS) is 47.3. The summed E-state index contributed by atoms with van der Waals surface area (Å²) in [6, 6.07) is 0. The summed E-state index contributed by atoms with van der Waals surface area (Å²) in [5.41, 5.74) is 0.442. The molecule has 0 amide bonds. The molecule has 0 spiro atoms. The number of aliphatic hydroxyl groups excluding tert-OH is 1. The number of carbonyl (C=O) groups is 1. The molecule has 6 atom stereocenters. The molecule has 4 heteroatoms. The highest BCUT2D eigenvalue weighted by Gasteiger charge is 2.63. The van der Waals surface area contributed by atoms with E-state index in [1.54, 1.807) is 0 Å². The molecule has 4 aliphatic carbocycles. The average Bonchev–Trinajstić information content (AvgIpc) is 2.86. The highest BCUT2D eigenvalue weighted by atomic mass is 16.4. The summed E-state index contributed by atoms with van der Waals surface area (Å²) in [5.74, 6) is 1.33. The first-order chi connectivity index (χ1) is 12.2. The van der Waals surface area contributed by atoms with E-state index in [0.717, 1.165) is 44.9 Å². The van der Waals surface area contributed by atoms with Gasteiger partial charge in [0.2, 0.25) is 0 Å². The Hall–Kier alpha value is -1.29. The molecule has 0 aromatic carbocycles. The van der Waals surface area contributed by atoms with Crippen molar-refractivity contribution in [1.29, 1.82) is 0 Å². The van der Waals surface area contributed by atoms with Gasteiger partial charge in [-0.05, 0) is 85.2 Å². The van der Waals surface area contributed by atoms with E-state index in [-0.39, 0.29) is 17.3 Å². The van der Waals surface area contributed by atoms with Gasteiger partial charge in [0.05, 0.1) is 11.4 Å². The minimum atomic E-state index is -0.837. The van der Waals surface area contributed by atoms with E-state index < -0.39 is 11.6 Å². The third kappa shape index (κ3) is 2.41. The van der Waals surface area contributed by atoms with Crippen molar-refractivity contribution < 1.29 is 20.1 Å². The van der Waals surface area contributed by atoms with Crippen LogP contribution >= 0.6 is 0 Å². The molecule has 4 rings (SSSR count). The molecule has 0 heterocycles. The molecule has 3 N–H and O–H groups in total. The highest BCUT2D eigenvalue weighted by Crippen LogP contribution is 2.67.